The first kappa shape index (κ1) is 11.4. The molecule has 2 N–H and O–H groups in total. The highest BCUT2D eigenvalue weighted by molar-refractivity contribution is 6.00. The number of benzene rings is 1. The highest BCUT2D eigenvalue weighted by Gasteiger charge is 2.19. The van der Waals surface area contributed by atoms with Crippen LogP contribution in [0.25, 0.3) is 0 Å². The van der Waals surface area contributed by atoms with Crippen LogP contribution in [0.3, 0.4) is 0 Å². The zero-order chi connectivity index (χ0) is 11.3. The van der Waals surface area contributed by atoms with Gasteiger partial charge in [-0.2, -0.15) is 0 Å². The smallest absolute Gasteiger partial charge is 0.224 e. The number of amides is 1. The van der Waals surface area contributed by atoms with E-state index in [1.807, 2.05) is 37.3 Å². The number of nitrogens with two attached hydrogens (primary N) is 1. The maximum atomic E-state index is 11.7. The fourth-order valence-electron chi connectivity index (χ4n) is 1.63. The first-order valence-corrected chi connectivity index (χ1v) is 5.01. The number of carbonyl (C=O) groups is 2. The van der Waals surface area contributed by atoms with Crippen molar-refractivity contribution in [2.75, 3.05) is 0 Å². The van der Waals surface area contributed by atoms with E-state index in [-0.39, 0.29) is 18.1 Å². The standard InChI is InChI=1S/C12H15NO2/c1-2-10(11(14)8-12(13)15)9-6-4-3-5-7-9/h3-7,10H,2,8H2,1H3,(H2,13,15). The molecule has 0 radical (unpaired) electrons. The van der Waals surface area contributed by atoms with Crippen molar-refractivity contribution in [3.63, 3.8) is 0 Å². The molecule has 3 nitrogen and oxygen atoms in total. The zero-order valence-electron chi connectivity index (χ0n) is 8.77. The summed E-state index contributed by atoms with van der Waals surface area (Å²) < 4.78 is 0. The average Bonchev–Trinajstić information content (AvgIpc) is 2.19. The molecule has 1 amide bonds. The molecule has 1 aromatic rings. The maximum Gasteiger partial charge on any atom is 0.224 e. The van der Waals surface area contributed by atoms with Gasteiger partial charge < -0.3 is 5.73 Å². The van der Waals surface area contributed by atoms with Gasteiger partial charge in [-0.25, -0.2) is 0 Å². The minimum Gasteiger partial charge on any atom is -0.369 e. The Morgan fingerprint density at radius 2 is 1.87 bits per heavy atom. The molecule has 1 unspecified atom stereocenters. The molecule has 1 rings (SSSR count). The van der Waals surface area contributed by atoms with Gasteiger partial charge >= 0.3 is 0 Å². The minimum absolute atomic E-state index is 0.101. The van der Waals surface area contributed by atoms with E-state index in [1.165, 1.54) is 0 Å². The van der Waals surface area contributed by atoms with Crippen molar-refractivity contribution in [1.82, 2.24) is 0 Å². The van der Waals surface area contributed by atoms with Crippen LogP contribution in [-0.2, 0) is 9.59 Å². The number of Topliss-reactive ketones (excluding diaryl/α,β-unsaturated/α-hetero) is 1. The van der Waals surface area contributed by atoms with Crippen molar-refractivity contribution in [2.45, 2.75) is 25.7 Å². The van der Waals surface area contributed by atoms with Crippen LogP contribution in [0, 0.1) is 0 Å². The summed E-state index contributed by atoms with van der Waals surface area (Å²) in [7, 11) is 0. The van der Waals surface area contributed by atoms with Gasteiger partial charge in [-0.3, -0.25) is 9.59 Å². The number of rotatable bonds is 5. The lowest BCUT2D eigenvalue weighted by molar-refractivity contribution is -0.127. The van der Waals surface area contributed by atoms with E-state index >= 15 is 0 Å². The van der Waals surface area contributed by atoms with Gasteiger partial charge in [0.05, 0.1) is 6.42 Å². The quantitative estimate of drug-likeness (QED) is 0.742. The first-order chi connectivity index (χ1) is 7.15. The van der Waals surface area contributed by atoms with Gasteiger partial charge in [0.15, 0.2) is 0 Å². The number of ketones is 1. The van der Waals surface area contributed by atoms with Crippen molar-refractivity contribution in [2.24, 2.45) is 5.73 Å². The van der Waals surface area contributed by atoms with Crippen molar-refractivity contribution in [1.29, 1.82) is 0 Å². The molecule has 0 aliphatic carbocycles. The lowest BCUT2D eigenvalue weighted by Gasteiger charge is -2.12. The fourth-order valence-corrected chi connectivity index (χ4v) is 1.63. The second-order valence-electron chi connectivity index (χ2n) is 3.48. The van der Waals surface area contributed by atoms with Gasteiger partial charge in [-0.15, -0.1) is 0 Å². The summed E-state index contributed by atoms with van der Waals surface area (Å²) in [6.45, 7) is 1.93. The lowest BCUT2D eigenvalue weighted by Crippen LogP contribution is -2.21. The SMILES string of the molecule is CCC(C(=O)CC(N)=O)c1ccccc1. The monoisotopic (exact) mass is 205 g/mol. The van der Waals surface area contributed by atoms with Crippen LogP contribution in [0.15, 0.2) is 30.3 Å². The highest BCUT2D eigenvalue weighted by atomic mass is 16.2. The topological polar surface area (TPSA) is 60.2 Å². The van der Waals surface area contributed by atoms with Gasteiger partial charge in [-0.1, -0.05) is 37.3 Å². The summed E-state index contributed by atoms with van der Waals surface area (Å²) in [4.78, 5) is 22.3. The fraction of sp³-hybridized carbons (Fsp3) is 0.333. The largest absolute Gasteiger partial charge is 0.369 e. The van der Waals surface area contributed by atoms with E-state index in [4.69, 9.17) is 5.73 Å². The molecule has 3 heteroatoms. The normalized spacial score (nSPS) is 12.1. The third-order valence-electron chi connectivity index (χ3n) is 2.35. The van der Waals surface area contributed by atoms with E-state index in [0.717, 1.165) is 5.56 Å². The maximum absolute atomic E-state index is 11.7. The third kappa shape index (κ3) is 3.20. The highest BCUT2D eigenvalue weighted by Crippen LogP contribution is 2.21. The van der Waals surface area contributed by atoms with Crippen LogP contribution in [0.5, 0.6) is 0 Å². The van der Waals surface area contributed by atoms with Gasteiger partial charge in [0.2, 0.25) is 5.91 Å². The molecule has 1 atom stereocenters. The van der Waals surface area contributed by atoms with Crippen LogP contribution >= 0.6 is 0 Å². The van der Waals surface area contributed by atoms with Gasteiger partial charge in [0, 0.05) is 5.92 Å². The summed E-state index contributed by atoms with van der Waals surface area (Å²) in [5.74, 6) is -0.871. The number of hydrogen-bond donors (Lipinski definition) is 1. The Kier molecular flexibility index (Phi) is 4.03. The second-order valence-corrected chi connectivity index (χ2v) is 3.48. The molecule has 0 aliphatic rings. The summed E-state index contributed by atoms with van der Waals surface area (Å²) >= 11 is 0. The molecule has 0 spiro atoms. The molecule has 0 aliphatic heterocycles. The molecular formula is C12H15NO2. The first-order valence-electron chi connectivity index (χ1n) is 5.01. The Morgan fingerprint density at radius 3 is 2.33 bits per heavy atom. The number of primary amides is 1. The summed E-state index contributed by atoms with van der Waals surface area (Å²) in [5, 5.41) is 0. The third-order valence-corrected chi connectivity index (χ3v) is 2.35. The van der Waals surface area contributed by atoms with Gasteiger partial charge in [0.1, 0.15) is 5.78 Å². The zero-order valence-corrected chi connectivity index (χ0v) is 8.77. The van der Waals surface area contributed by atoms with Gasteiger partial charge in [-0.05, 0) is 12.0 Å². The molecule has 0 heterocycles. The van der Waals surface area contributed by atoms with Crippen LogP contribution in [-0.4, -0.2) is 11.7 Å². The van der Waals surface area contributed by atoms with Crippen molar-refractivity contribution >= 4 is 11.7 Å². The molecular weight excluding hydrogens is 190 g/mol. The van der Waals surface area contributed by atoms with Crippen molar-refractivity contribution in [3.05, 3.63) is 35.9 Å². The molecule has 0 saturated heterocycles. The van der Waals surface area contributed by atoms with E-state index in [2.05, 4.69) is 0 Å². The Morgan fingerprint density at radius 1 is 1.27 bits per heavy atom. The molecule has 0 saturated carbocycles. The summed E-state index contributed by atoms with van der Waals surface area (Å²) in [6, 6.07) is 9.46. The Balaban J connectivity index is 2.80. The molecule has 0 bridgehead atoms. The van der Waals surface area contributed by atoms with E-state index in [1.54, 1.807) is 0 Å². The predicted octanol–water partition coefficient (Wildman–Crippen LogP) is 1.62. The number of hydrogen-bond acceptors (Lipinski definition) is 2. The van der Waals surface area contributed by atoms with E-state index in [9.17, 15) is 9.59 Å². The van der Waals surface area contributed by atoms with E-state index < -0.39 is 5.91 Å². The van der Waals surface area contributed by atoms with Crippen molar-refractivity contribution in [3.8, 4) is 0 Å². The van der Waals surface area contributed by atoms with Gasteiger partial charge in [0.25, 0.3) is 0 Å². The lowest BCUT2D eigenvalue weighted by atomic mass is 9.91. The molecule has 0 aromatic heterocycles. The summed E-state index contributed by atoms with van der Waals surface area (Å²) in [6.07, 6.45) is 0.517. The molecule has 15 heavy (non-hydrogen) atoms. The van der Waals surface area contributed by atoms with E-state index in [0.29, 0.717) is 6.42 Å². The Labute approximate surface area is 89.3 Å². The Bertz CT molecular complexity index is 346. The molecule has 0 fully saturated rings. The Hall–Kier alpha value is -1.64. The van der Waals surface area contributed by atoms with Crippen LogP contribution in [0.1, 0.15) is 31.2 Å². The average molecular weight is 205 g/mol. The summed E-state index contributed by atoms with van der Waals surface area (Å²) in [5.41, 5.74) is 5.95. The molecule has 80 valence electrons. The number of carbonyl (C=O) groups excluding carboxylic acids is 2. The van der Waals surface area contributed by atoms with Crippen molar-refractivity contribution < 1.29 is 9.59 Å². The second kappa shape index (κ2) is 5.29. The van der Waals surface area contributed by atoms with Crippen LogP contribution in [0.2, 0.25) is 0 Å². The molecule has 1 aromatic carbocycles. The predicted molar refractivity (Wildman–Crippen MR) is 58.3 cm³/mol. The van der Waals surface area contributed by atoms with Crippen LogP contribution in [0.4, 0.5) is 0 Å². The minimum atomic E-state index is -0.561. The van der Waals surface area contributed by atoms with Crippen LogP contribution < -0.4 is 5.73 Å².